The molecule has 21 heavy (non-hydrogen) atoms. The Morgan fingerprint density at radius 3 is 2.62 bits per heavy atom. The molecule has 3 aromatic rings. The second-order valence-corrected chi connectivity index (χ2v) is 5.56. The van der Waals surface area contributed by atoms with Gasteiger partial charge in [-0.25, -0.2) is 14.2 Å². The molecule has 1 heterocycles. The third kappa shape index (κ3) is 2.29. The van der Waals surface area contributed by atoms with Gasteiger partial charge in [0.25, 0.3) is 0 Å². The Morgan fingerprint density at radius 2 is 1.90 bits per heavy atom. The lowest BCUT2D eigenvalue weighted by Crippen LogP contribution is -1.99. The number of fused-ring (bicyclic) bond motifs is 1. The highest BCUT2D eigenvalue weighted by Gasteiger charge is 2.18. The van der Waals surface area contributed by atoms with Crippen molar-refractivity contribution in [1.29, 1.82) is 0 Å². The second-order valence-electron chi connectivity index (χ2n) is 4.57. The Kier molecular flexibility index (Phi) is 3.43. The average molecular weight is 301 g/mol. The Bertz CT molecular complexity index is 841. The minimum atomic E-state index is -0.400. The molecule has 0 saturated heterocycles. The van der Waals surface area contributed by atoms with Crippen LogP contribution < -0.4 is 0 Å². The third-order valence-electron chi connectivity index (χ3n) is 3.27. The molecule has 0 radical (unpaired) electrons. The summed E-state index contributed by atoms with van der Waals surface area (Å²) in [5.74, 6) is -0.668. The molecule has 5 heteroatoms. The summed E-state index contributed by atoms with van der Waals surface area (Å²) >= 11 is 1.26. The van der Waals surface area contributed by atoms with E-state index in [9.17, 15) is 9.18 Å². The number of esters is 1. The first-order valence-electron chi connectivity index (χ1n) is 6.35. The SMILES string of the molecule is COC(=O)c1sc(-c2ccc(F)c3ccccc23)nc1C. The summed E-state index contributed by atoms with van der Waals surface area (Å²) in [6, 6.07) is 10.3. The van der Waals surface area contributed by atoms with Crippen LogP contribution in [0.3, 0.4) is 0 Å². The van der Waals surface area contributed by atoms with E-state index in [0.29, 0.717) is 21.0 Å². The van der Waals surface area contributed by atoms with Gasteiger partial charge in [-0.05, 0) is 24.4 Å². The Labute approximate surface area is 125 Å². The summed E-state index contributed by atoms with van der Waals surface area (Å²) in [4.78, 5) is 16.6. The van der Waals surface area contributed by atoms with Gasteiger partial charge >= 0.3 is 5.97 Å². The molecule has 0 aliphatic rings. The molecule has 0 amide bonds. The topological polar surface area (TPSA) is 39.2 Å². The van der Waals surface area contributed by atoms with Crippen molar-refractivity contribution in [3.63, 3.8) is 0 Å². The van der Waals surface area contributed by atoms with Gasteiger partial charge in [0.15, 0.2) is 0 Å². The Hall–Kier alpha value is -2.27. The molecule has 1 aromatic heterocycles. The van der Waals surface area contributed by atoms with Crippen LogP contribution in [0.15, 0.2) is 36.4 Å². The van der Waals surface area contributed by atoms with Crippen LogP contribution >= 0.6 is 11.3 Å². The first-order chi connectivity index (χ1) is 10.1. The zero-order valence-corrected chi connectivity index (χ0v) is 12.3. The number of aromatic nitrogens is 1. The molecule has 0 unspecified atom stereocenters. The van der Waals surface area contributed by atoms with Gasteiger partial charge in [0, 0.05) is 10.9 Å². The summed E-state index contributed by atoms with van der Waals surface area (Å²) in [6.07, 6.45) is 0. The fraction of sp³-hybridized carbons (Fsp3) is 0.125. The van der Waals surface area contributed by atoms with Crippen LogP contribution in [0.25, 0.3) is 21.3 Å². The lowest BCUT2D eigenvalue weighted by Gasteiger charge is -2.04. The van der Waals surface area contributed by atoms with Crippen molar-refractivity contribution in [2.75, 3.05) is 7.11 Å². The van der Waals surface area contributed by atoms with Crippen LogP contribution in [0.5, 0.6) is 0 Å². The molecule has 0 saturated carbocycles. The maximum absolute atomic E-state index is 13.9. The standard InChI is InChI=1S/C16H12FNO2S/c1-9-14(16(19)20-2)21-15(18-9)12-7-8-13(17)11-6-4-3-5-10(11)12/h3-8H,1-2H3. The number of rotatable bonds is 2. The van der Waals surface area contributed by atoms with Gasteiger partial charge in [0.1, 0.15) is 15.7 Å². The molecule has 106 valence electrons. The van der Waals surface area contributed by atoms with Crippen molar-refractivity contribution >= 4 is 28.1 Å². The molecule has 0 bridgehead atoms. The number of ether oxygens (including phenoxy) is 1. The number of carbonyl (C=O) groups excluding carboxylic acids is 1. The van der Waals surface area contributed by atoms with Crippen LogP contribution in [0.2, 0.25) is 0 Å². The number of benzene rings is 2. The molecule has 0 aliphatic heterocycles. The minimum Gasteiger partial charge on any atom is -0.465 e. The summed E-state index contributed by atoms with van der Waals surface area (Å²) in [5, 5.41) is 2.01. The van der Waals surface area contributed by atoms with E-state index >= 15 is 0 Å². The van der Waals surface area contributed by atoms with E-state index < -0.39 is 5.97 Å². The van der Waals surface area contributed by atoms with E-state index in [-0.39, 0.29) is 5.82 Å². The monoisotopic (exact) mass is 301 g/mol. The number of thiazole rings is 1. The van der Waals surface area contributed by atoms with Crippen LogP contribution in [-0.4, -0.2) is 18.1 Å². The van der Waals surface area contributed by atoms with Crippen molar-refractivity contribution in [3.05, 3.63) is 52.8 Å². The molecular weight excluding hydrogens is 289 g/mol. The van der Waals surface area contributed by atoms with Crippen molar-refractivity contribution < 1.29 is 13.9 Å². The minimum absolute atomic E-state index is 0.268. The lowest BCUT2D eigenvalue weighted by atomic mass is 10.0. The van der Waals surface area contributed by atoms with Gasteiger partial charge < -0.3 is 4.74 Å². The Morgan fingerprint density at radius 1 is 1.19 bits per heavy atom. The number of methoxy groups -OCH3 is 1. The van der Waals surface area contributed by atoms with E-state index in [1.807, 2.05) is 12.1 Å². The molecule has 0 fully saturated rings. The molecule has 2 aromatic carbocycles. The summed E-state index contributed by atoms with van der Waals surface area (Å²) in [7, 11) is 1.34. The molecule has 0 atom stereocenters. The fourth-order valence-electron chi connectivity index (χ4n) is 2.24. The molecule has 0 spiro atoms. The van der Waals surface area contributed by atoms with E-state index in [2.05, 4.69) is 4.98 Å². The van der Waals surface area contributed by atoms with E-state index in [1.54, 1.807) is 25.1 Å². The first kappa shape index (κ1) is 13.7. The summed E-state index contributed by atoms with van der Waals surface area (Å²) in [6.45, 7) is 1.76. The van der Waals surface area contributed by atoms with E-state index in [1.165, 1.54) is 24.5 Å². The van der Waals surface area contributed by atoms with Crippen molar-refractivity contribution in [2.45, 2.75) is 6.92 Å². The van der Waals surface area contributed by atoms with Gasteiger partial charge in [-0.2, -0.15) is 0 Å². The third-order valence-corrected chi connectivity index (χ3v) is 4.44. The van der Waals surface area contributed by atoms with Gasteiger partial charge in [0.2, 0.25) is 0 Å². The van der Waals surface area contributed by atoms with Gasteiger partial charge in [-0.1, -0.05) is 24.3 Å². The maximum atomic E-state index is 13.9. The fourth-order valence-corrected chi connectivity index (χ4v) is 3.27. The predicted octanol–water partition coefficient (Wildman–Crippen LogP) is 4.20. The number of halogens is 1. The van der Waals surface area contributed by atoms with Crippen LogP contribution in [0, 0.1) is 12.7 Å². The number of aryl methyl sites for hydroxylation is 1. The van der Waals surface area contributed by atoms with Crippen LogP contribution in [-0.2, 0) is 4.74 Å². The van der Waals surface area contributed by atoms with Crippen molar-refractivity contribution in [2.24, 2.45) is 0 Å². The normalized spacial score (nSPS) is 10.8. The van der Waals surface area contributed by atoms with Gasteiger partial charge in [0.05, 0.1) is 12.8 Å². The van der Waals surface area contributed by atoms with Crippen molar-refractivity contribution in [3.8, 4) is 10.6 Å². The average Bonchev–Trinajstić information content (AvgIpc) is 2.89. The van der Waals surface area contributed by atoms with Gasteiger partial charge in [-0.3, -0.25) is 0 Å². The summed E-state index contributed by atoms with van der Waals surface area (Å²) < 4.78 is 18.6. The van der Waals surface area contributed by atoms with Crippen molar-refractivity contribution in [1.82, 2.24) is 4.98 Å². The molecule has 0 aliphatic carbocycles. The van der Waals surface area contributed by atoms with Gasteiger partial charge in [-0.15, -0.1) is 11.3 Å². The summed E-state index contributed by atoms with van der Waals surface area (Å²) in [5.41, 5.74) is 1.44. The smallest absolute Gasteiger partial charge is 0.349 e. The van der Waals surface area contributed by atoms with E-state index in [4.69, 9.17) is 4.74 Å². The number of hydrogen-bond acceptors (Lipinski definition) is 4. The number of hydrogen-bond donors (Lipinski definition) is 0. The Balaban J connectivity index is 2.22. The number of carbonyl (C=O) groups is 1. The molecular formula is C16H12FNO2S. The predicted molar refractivity (Wildman–Crippen MR) is 81.1 cm³/mol. The molecule has 3 rings (SSSR count). The highest BCUT2D eigenvalue weighted by molar-refractivity contribution is 7.17. The van der Waals surface area contributed by atoms with Crippen LogP contribution in [0.4, 0.5) is 4.39 Å². The van der Waals surface area contributed by atoms with E-state index in [0.717, 1.165) is 10.9 Å². The largest absolute Gasteiger partial charge is 0.465 e. The van der Waals surface area contributed by atoms with Crippen LogP contribution in [0.1, 0.15) is 15.4 Å². The maximum Gasteiger partial charge on any atom is 0.349 e. The molecule has 3 nitrogen and oxygen atoms in total. The zero-order valence-electron chi connectivity index (χ0n) is 11.5. The highest BCUT2D eigenvalue weighted by atomic mass is 32.1. The zero-order chi connectivity index (χ0) is 15.0. The first-order valence-corrected chi connectivity index (χ1v) is 7.17. The lowest BCUT2D eigenvalue weighted by molar-refractivity contribution is 0.0605. The second kappa shape index (κ2) is 5.26. The quantitative estimate of drug-likeness (QED) is 0.666. The number of nitrogens with zero attached hydrogens (tertiary/aromatic N) is 1. The highest BCUT2D eigenvalue weighted by Crippen LogP contribution is 2.34. The molecule has 0 N–H and O–H groups in total.